The van der Waals surface area contributed by atoms with E-state index in [-0.39, 0.29) is 0 Å². The number of H-pyrrole nitrogens is 2. The van der Waals surface area contributed by atoms with Crippen molar-refractivity contribution in [3.05, 3.63) is 54.0 Å². The van der Waals surface area contributed by atoms with Crippen LogP contribution in [0.4, 0.5) is 0 Å². The minimum absolute atomic E-state index is 0.595. The molecule has 108 valence electrons. The van der Waals surface area contributed by atoms with Crippen molar-refractivity contribution in [1.82, 2.24) is 20.1 Å². The molecule has 1 aromatic carbocycles. The summed E-state index contributed by atoms with van der Waals surface area (Å²) in [6.45, 7) is 3.34. The SMILES string of the molecule is c1cc([C@@H]2CCCN(Cc3ccc4[nH]ccc4c3)C2)[nH]n1. The van der Waals surface area contributed by atoms with Gasteiger partial charge in [0.15, 0.2) is 0 Å². The first-order chi connectivity index (χ1) is 10.4. The van der Waals surface area contributed by atoms with Crippen molar-refractivity contribution in [2.75, 3.05) is 13.1 Å². The largest absolute Gasteiger partial charge is 0.361 e. The van der Waals surface area contributed by atoms with Gasteiger partial charge in [-0.2, -0.15) is 5.10 Å². The number of likely N-dealkylation sites (tertiary alicyclic amines) is 1. The molecule has 0 spiro atoms. The average molecular weight is 280 g/mol. The van der Waals surface area contributed by atoms with Crippen molar-refractivity contribution in [2.45, 2.75) is 25.3 Å². The van der Waals surface area contributed by atoms with Crippen molar-refractivity contribution in [2.24, 2.45) is 0 Å². The Labute approximate surface area is 124 Å². The second-order valence-electron chi connectivity index (χ2n) is 5.99. The number of hydrogen-bond acceptors (Lipinski definition) is 2. The number of piperidine rings is 1. The van der Waals surface area contributed by atoms with Crippen LogP contribution in [0.15, 0.2) is 42.7 Å². The average Bonchev–Trinajstić information content (AvgIpc) is 3.18. The summed E-state index contributed by atoms with van der Waals surface area (Å²) in [5.41, 5.74) is 3.89. The molecular weight excluding hydrogens is 260 g/mol. The molecule has 21 heavy (non-hydrogen) atoms. The maximum atomic E-state index is 4.09. The minimum atomic E-state index is 0.595. The van der Waals surface area contributed by atoms with Gasteiger partial charge < -0.3 is 4.98 Å². The fourth-order valence-electron chi connectivity index (χ4n) is 3.41. The number of benzene rings is 1. The maximum absolute atomic E-state index is 4.09. The molecule has 0 aliphatic carbocycles. The molecule has 0 amide bonds. The summed E-state index contributed by atoms with van der Waals surface area (Å²) in [6, 6.07) is 11.0. The molecule has 0 radical (unpaired) electrons. The zero-order valence-corrected chi connectivity index (χ0v) is 12.0. The zero-order valence-electron chi connectivity index (χ0n) is 12.0. The summed E-state index contributed by atoms with van der Waals surface area (Å²) in [7, 11) is 0. The smallest absolute Gasteiger partial charge is 0.0490 e. The van der Waals surface area contributed by atoms with E-state index in [9.17, 15) is 0 Å². The van der Waals surface area contributed by atoms with Crippen LogP contribution in [0.5, 0.6) is 0 Å². The Bertz CT molecular complexity index is 713. The predicted octanol–water partition coefficient (Wildman–Crippen LogP) is 3.27. The van der Waals surface area contributed by atoms with E-state index in [0.717, 1.165) is 13.1 Å². The zero-order chi connectivity index (χ0) is 14.1. The van der Waals surface area contributed by atoms with Crippen LogP contribution >= 0.6 is 0 Å². The first kappa shape index (κ1) is 12.7. The Hall–Kier alpha value is -2.07. The molecule has 3 heterocycles. The van der Waals surface area contributed by atoms with Gasteiger partial charge in [-0.05, 0) is 54.6 Å². The van der Waals surface area contributed by atoms with E-state index in [1.54, 1.807) is 0 Å². The summed E-state index contributed by atoms with van der Waals surface area (Å²) in [6.07, 6.45) is 6.38. The number of nitrogens with zero attached hydrogens (tertiary/aromatic N) is 2. The molecule has 0 bridgehead atoms. The van der Waals surface area contributed by atoms with Crippen LogP contribution in [0.1, 0.15) is 30.0 Å². The van der Waals surface area contributed by atoms with E-state index in [4.69, 9.17) is 0 Å². The van der Waals surface area contributed by atoms with Crippen LogP contribution in [0.3, 0.4) is 0 Å². The number of hydrogen-bond donors (Lipinski definition) is 2. The molecule has 2 N–H and O–H groups in total. The van der Waals surface area contributed by atoms with Crippen LogP contribution in [0, 0.1) is 0 Å². The number of rotatable bonds is 3. The van der Waals surface area contributed by atoms with Crippen molar-refractivity contribution >= 4 is 10.9 Å². The third-order valence-electron chi connectivity index (χ3n) is 4.49. The molecule has 0 saturated carbocycles. The summed E-state index contributed by atoms with van der Waals surface area (Å²) in [5.74, 6) is 0.595. The fraction of sp³-hybridized carbons (Fsp3) is 0.353. The van der Waals surface area contributed by atoms with E-state index in [2.05, 4.69) is 50.4 Å². The van der Waals surface area contributed by atoms with Gasteiger partial charge in [0.1, 0.15) is 0 Å². The molecule has 0 unspecified atom stereocenters. The van der Waals surface area contributed by atoms with Gasteiger partial charge in [0.25, 0.3) is 0 Å². The molecule has 1 fully saturated rings. The van der Waals surface area contributed by atoms with Gasteiger partial charge >= 0.3 is 0 Å². The Kier molecular flexibility index (Phi) is 3.24. The Morgan fingerprint density at radius 3 is 3.14 bits per heavy atom. The number of aromatic amines is 2. The summed E-state index contributed by atoms with van der Waals surface area (Å²) >= 11 is 0. The van der Waals surface area contributed by atoms with Crippen molar-refractivity contribution in [3.8, 4) is 0 Å². The lowest BCUT2D eigenvalue weighted by atomic mass is 9.94. The van der Waals surface area contributed by atoms with Crippen molar-refractivity contribution in [1.29, 1.82) is 0 Å². The van der Waals surface area contributed by atoms with Gasteiger partial charge in [-0.3, -0.25) is 10.00 Å². The molecule has 1 saturated heterocycles. The summed E-state index contributed by atoms with van der Waals surface area (Å²) in [4.78, 5) is 5.81. The molecule has 2 aromatic heterocycles. The van der Waals surface area contributed by atoms with Gasteiger partial charge in [0.2, 0.25) is 0 Å². The van der Waals surface area contributed by atoms with E-state index in [0.29, 0.717) is 5.92 Å². The molecule has 3 aromatic rings. The topological polar surface area (TPSA) is 47.7 Å². The maximum Gasteiger partial charge on any atom is 0.0490 e. The van der Waals surface area contributed by atoms with E-state index in [1.165, 1.54) is 41.5 Å². The first-order valence-electron chi connectivity index (χ1n) is 7.66. The highest BCUT2D eigenvalue weighted by Gasteiger charge is 2.22. The van der Waals surface area contributed by atoms with Crippen molar-refractivity contribution in [3.63, 3.8) is 0 Å². The minimum Gasteiger partial charge on any atom is -0.361 e. The molecule has 1 atom stereocenters. The van der Waals surface area contributed by atoms with Gasteiger partial charge in [-0.25, -0.2) is 0 Å². The standard InChI is InChI=1S/C17H20N4/c1-2-15(17-6-8-19-20-17)12-21(9-1)11-13-3-4-16-14(10-13)5-7-18-16/h3-8,10,15,18H,1-2,9,11-12H2,(H,19,20)/t15-/m1/s1. The summed E-state index contributed by atoms with van der Waals surface area (Å²) in [5, 5.41) is 8.52. The highest BCUT2D eigenvalue weighted by atomic mass is 15.1. The van der Waals surface area contributed by atoms with Crippen LogP contribution in [-0.2, 0) is 6.54 Å². The molecule has 1 aliphatic rings. The molecule has 4 rings (SSSR count). The number of aromatic nitrogens is 3. The second kappa shape index (κ2) is 5.37. The molecule has 4 nitrogen and oxygen atoms in total. The highest BCUT2D eigenvalue weighted by molar-refractivity contribution is 5.79. The van der Waals surface area contributed by atoms with E-state index < -0.39 is 0 Å². The third-order valence-corrected chi connectivity index (χ3v) is 4.49. The lowest BCUT2D eigenvalue weighted by Gasteiger charge is -2.32. The van der Waals surface area contributed by atoms with E-state index >= 15 is 0 Å². The molecular formula is C17H20N4. The monoisotopic (exact) mass is 280 g/mol. The predicted molar refractivity (Wildman–Crippen MR) is 84.1 cm³/mol. The van der Waals surface area contributed by atoms with Crippen LogP contribution in [0.2, 0.25) is 0 Å². The van der Waals surface area contributed by atoms with Crippen LogP contribution in [0.25, 0.3) is 10.9 Å². The van der Waals surface area contributed by atoms with Gasteiger partial charge in [0.05, 0.1) is 0 Å². The number of nitrogens with one attached hydrogen (secondary N) is 2. The van der Waals surface area contributed by atoms with E-state index in [1.807, 2.05) is 12.4 Å². The third kappa shape index (κ3) is 2.59. The van der Waals surface area contributed by atoms with Crippen LogP contribution < -0.4 is 0 Å². The molecule has 4 heteroatoms. The highest BCUT2D eigenvalue weighted by Crippen LogP contribution is 2.26. The quantitative estimate of drug-likeness (QED) is 0.773. The Morgan fingerprint density at radius 1 is 1.24 bits per heavy atom. The molecule has 1 aliphatic heterocycles. The van der Waals surface area contributed by atoms with Crippen molar-refractivity contribution < 1.29 is 0 Å². The van der Waals surface area contributed by atoms with Gasteiger partial charge in [0, 0.05) is 42.6 Å². The Balaban J connectivity index is 1.48. The van der Waals surface area contributed by atoms with Crippen LogP contribution in [-0.4, -0.2) is 33.2 Å². The number of fused-ring (bicyclic) bond motifs is 1. The lowest BCUT2D eigenvalue weighted by molar-refractivity contribution is 0.198. The normalized spacial score (nSPS) is 20.1. The summed E-state index contributed by atoms with van der Waals surface area (Å²) < 4.78 is 0. The Morgan fingerprint density at radius 2 is 2.24 bits per heavy atom. The lowest BCUT2D eigenvalue weighted by Crippen LogP contribution is -2.34. The second-order valence-corrected chi connectivity index (χ2v) is 5.99. The van der Waals surface area contributed by atoms with Gasteiger partial charge in [-0.1, -0.05) is 6.07 Å². The first-order valence-corrected chi connectivity index (χ1v) is 7.66. The van der Waals surface area contributed by atoms with Gasteiger partial charge in [-0.15, -0.1) is 0 Å². The fourth-order valence-corrected chi connectivity index (χ4v) is 3.41.